The maximum atomic E-state index is 14.8. The molecule has 1 aliphatic carbocycles. The van der Waals surface area contributed by atoms with Crippen LogP contribution in [0.15, 0.2) is 72.8 Å². The zero-order valence-electron chi connectivity index (χ0n) is 15.4. The highest BCUT2D eigenvalue weighted by Crippen LogP contribution is 2.59. The van der Waals surface area contributed by atoms with Crippen LogP contribution >= 0.6 is 0 Å². The maximum absolute atomic E-state index is 14.8. The topological polar surface area (TPSA) is 58.6 Å². The number of amides is 2. The van der Waals surface area contributed by atoms with E-state index in [1.54, 1.807) is 41.3 Å². The van der Waals surface area contributed by atoms with Crippen LogP contribution in [0.1, 0.15) is 18.4 Å². The van der Waals surface area contributed by atoms with Crippen molar-refractivity contribution in [2.45, 2.75) is 18.3 Å². The Morgan fingerprint density at radius 3 is 2.31 bits per heavy atom. The number of hydrogen-bond acceptors (Lipinski definition) is 3. The molecule has 2 aliphatic rings. The van der Waals surface area contributed by atoms with Crippen molar-refractivity contribution in [1.29, 1.82) is 0 Å². The van der Waals surface area contributed by atoms with Gasteiger partial charge in [0.2, 0.25) is 5.91 Å². The summed E-state index contributed by atoms with van der Waals surface area (Å²) in [6, 6.07) is 20.6. The summed E-state index contributed by atoms with van der Waals surface area (Å²) in [5.41, 5.74) is 1.34. The van der Waals surface area contributed by atoms with E-state index in [2.05, 4.69) is 5.32 Å². The molecule has 0 bridgehead atoms. The van der Waals surface area contributed by atoms with Gasteiger partial charge in [-0.2, -0.15) is 0 Å². The minimum Gasteiger partial charge on any atom is -0.410 e. The molecule has 1 N–H and O–H groups in total. The first kappa shape index (κ1) is 17.4. The lowest BCUT2D eigenvalue weighted by Crippen LogP contribution is -2.27. The first-order valence-corrected chi connectivity index (χ1v) is 9.36. The Morgan fingerprint density at radius 2 is 1.66 bits per heavy atom. The fraction of sp³-hybridized carbons (Fsp3) is 0.130. The van der Waals surface area contributed by atoms with Gasteiger partial charge in [-0.3, -0.25) is 15.0 Å². The lowest BCUT2D eigenvalue weighted by Gasteiger charge is -2.18. The van der Waals surface area contributed by atoms with Crippen molar-refractivity contribution in [3.8, 4) is 5.75 Å². The fourth-order valence-corrected chi connectivity index (χ4v) is 3.84. The van der Waals surface area contributed by atoms with Crippen molar-refractivity contribution >= 4 is 29.1 Å². The number of rotatable bonds is 3. The molecule has 0 aromatic heterocycles. The lowest BCUT2D eigenvalue weighted by atomic mass is 9.97. The van der Waals surface area contributed by atoms with E-state index in [0.29, 0.717) is 30.0 Å². The highest BCUT2D eigenvalue weighted by molar-refractivity contribution is 6.15. The van der Waals surface area contributed by atoms with Gasteiger partial charge in [0, 0.05) is 11.8 Å². The predicted molar refractivity (Wildman–Crippen MR) is 107 cm³/mol. The molecule has 1 heterocycles. The van der Waals surface area contributed by atoms with Crippen molar-refractivity contribution < 1.29 is 18.7 Å². The van der Waals surface area contributed by atoms with Gasteiger partial charge in [0.25, 0.3) is 0 Å². The average molecular weight is 388 g/mol. The first-order chi connectivity index (χ1) is 14.1. The molecule has 5 nitrogen and oxygen atoms in total. The molecular weight excluding hydrogens is 371 g/mol. The van der Waals surface area contributed by atoms with Crippen LogP contribution in [0.25, 0.3) is 0 Å². The Bertz CT molecular complexity index is 1110. The van der Waals surface area contributed by atoms with E-state index in [1.165, 1.54) is 6.07 Å². The zero-order valence-corrected chi connectivity index (χ0v) is 15.4. The average Bonchev–Trinajstić information content (AvgIpc) is 3.49. The molecule has 2 amide bonds. The molecule has 6 heteroatoms. The van der Waals surface area contributed by atoms with Crippen molar-refractivity contribution in [3.63, 3.8) is 0 Å². The minimum absolute atomic E-state index is 0.00123. The van der Waals surface area contributed by atoms with Gasteiger partial charge in [0.1, 0.15) is 11.6 Å². The summed E-state index contributed by atoms with van der Waals surface area (Å²) in [6.07, 6.45) is 0.632. The molecule has 1 spiro atoms. The third-order valence-electron chi connectivity index (χ3n) is 5.41. The second-order valence-corrected chi connectivity index (χ2v) is 7.23. The number of nitrogens with zero attached hydrogens (tertiary/aromatic N) is 1. The quantitative estimate of drug-likeness (QED) is 0.675. The van der Waals surface area contributed by atoms with Crippen LogP contribution in [0.4, 0.5) is 26.2 Å². The van der Waals surface area contributed by atoms with Crippen molar-refractivity contribution in [1.82, 2.24) is 0 Å². The molecule has 144 valence electrons. The monoisotopic (exact) mass is 388 g/mol. The summed E-state index contributed by atoms with van der Waals surface area (Å²) in [5, 5.41) is 2.46. The SMILES string of the molecule is O=C(Nc1cc2c(cc1F)N(c1ccccc1)C(=O)C21CC1)Oc1ccccc1. The molecule has 3 aromatic carbocycles. The Morgan fingerprint density at radius 1 is 1.00 bits per heavy atom. The molecule has 5 rings (SSSR count). The molecule has 0 atom stereocenters. The van der Waals surface area contributed by atoms with Gasteiger partial charge >= 0.3 is 6.09 Å². The van der Waals surface area contributed by atoms with Crippen LogP contribution in [0.3, 0.4) is 0 Å². The van der Waals surface area contributed by atoms with E-state index in [-0.39, 0.29) is 11.6 Å². The van der Waals surface area contributed by atoms with E-state index in [1.807, 2.05) is 30.3 Å². The third kappa shape index (κ3) is 2.84. The number of halogens is 1. The van der Waals surface area contributed by atoms with Crippen LogP contribution in [0.2, 0.25) is 0 Å². The number of benzene rings is 3. The van der Waals surface area contributed by atoms with Crippen molar-refractivity contribution in [3.05, 3.63) is 84.2 Å². The number of nitrogens with one attached hydrogen (secondary N) is 1. The Hall–Kier alpha value is -3.67. The molecule has 0 unspecified atom stereocenters. The van der Waals surface area contributed by atoms with Crippen LogP contribution in [-0.4, -0.2) is 12.0 Å². The summed E-state index contributed by atoms with van der Waals surface area (Å²) < 4.78 is 20.0. The molecule has 1 aliphatic heterocycles. The van der Waals surface area contributed by atoms with Gasteiger partial charge in [-0.25, -0.2) is 9.18 Å². The lowest BCUT2D eigenvalue weighted by molar-refractivity contribution is -0.119. The predicted octanol–water partition coefficient (Wildman–Crippen LogP) is 5.15. The second-order valence-electron chi connectivity index (χ2n) is 7.23. The Kier molecular flexibility index (Phi) is 3.87. The molecule has 0 saturated heterocycles. The number of hydrogen-bond donors (Lipinski definition) is 1. The molecule has 1 fully saturated rings. The third-order valence-corrected chi connectivity index (χ3v) is 5.41. The molecule has 0 radical (unpaired) electrons. The summed E-state index contributed by atoms with van der Waals surface area (Å²) in [6.45, 7) is 0. The number of carbonyl (C=O) groups excluding carboxylic acids is 2. The fourth-order valence-electron chi connectivity index (χ4n) is 3.84. The van der Waals surface area contributed by atoms with Crippen LogP contribution in [0, 0.1) is 5.82 Å². The molecule has 3 aromatic rings. The summed E-state index contributed by atoms with van der Waals surface area (Å²) in [5.74, 6) is -0.321. The molecule has 29 heavy (non-hydrogen) atoms. The summed E-state index contributed by atoms with van der Waals surface area (Å²) in [7, 11) is 0. The number of ether oxygens (including phenoxy) is 1. The summed E-state index contributed by atoms with van der Waals surface area (Å²) in [4.78, 5) is 26.9. The van der Waals surface area contributed by atoms with Gasteiger partial charge < -0.3 is 4.74 Å². The smallest absolute Gasteiger partial charge is 0.410 e. The van der Waals surface area contributed by atoms with Gasteiger partial charge in [-0.15, -0.1) is 0 Å². The van der Waals surface area contributed by atoms with E-state index in [4.69, 9.17) is 4.74 Å². The standard InChI is InChI=1S/C23H17FN2O3/c24-18-14-20-17(13-19(18)25-22(28)29-16-9-5-2-6-10-16)23(11-12-23)21(27)26(20)15-7-3-1-4-8-15/h1-10,13-14H,11-12H2,(H,25,28). The van der Waals surface area contributed by atoms with Crippen LogP contribution in [-0.2, 0) is 10.2 Å². The van der Waals surface area contributed by atoms with Crippen molar-refractivity contribution in [2.24, 2.45) is 0 Å². The van der Waals surface area contributed by atoms with E-state index < -0.39 is 17.3 Å². The molecular formula is C23H17FN2O3. The van der Waals surface area contributed by atoms with Gasteiger partial charge in [0.05, 0.1) is 16.8 Å². The second kappa shape index (κ2) is 6.44. The number of fused-ring (bicyclic) bond motifs is 2. The number of para-hydroxylation sites is 2. The van der Waals surface area contributed by atoms with Crippen LogP contribution in [0.5, 0.6) is 5.75 Å². The van der Waals surface area contributed by atoms with E-state index in [9.17, 15) is 14.0 Å². The Labute approximate surface area is 166 Å². The Balaban J connectivity index is 1.48. The minimum atomic E-state index is -0.788. The van der Waals surface area contributed by atoms with Gasteiger partial charge in [-0.05, 0) is 48.7 Å². The van der Waals surface area contributed by atoms with Crippen molar-refractivity contribution in [2.75, 3.05) is 10.2 Å². The number of carbonyl (C=O) groups is 2. The first-order valence-electron chi connectivity index (χ1n) is 9.36. The largest absolute Gasteiger partial charge is 0.417 e. The number of anilines is 3. The van der Waals surface area contributed by atoms with Crippen LogP contribution < -0.4 is 15.0 Å². The highest BCUT2D eigenvalue weighted by atomic mass is 19.1. The highest BCUT2D eigenvalue weighted by Gasteiger charge is 2.59. The van der Waals surface area contributed by atoms with Gasteiger partial charge in [-0.1, -0.05) is 36.4 Å². The maximum Gasteiger partial charge on any atom is 0.417 e. The van der Waals surface area contributed by atoms with Gasteiger partial charge in [0.15, 0.2) is 0 Å². The van der Waals surface area contributed by atoms with E-state index in [0.717, 1.165) is 5.56 Å². The summed E-state index contributed by atoms with van der Waals surface area (Å²) >= 11 is 0. The molecule has 1 saturated carbocycles. The van der Waals surface area contributed by atoms with E-state index >= 15 is 0 Å². The normalized spacial score (nSPS) is 15.9. The zero-order chi connectivity index (χ0) is 20.0.